The number of fused-ring (bicyclic) bond motifs is 13. The van der Waals surface area contributed by atoms with Crippen LogP contribution < -0.4 is 4.90 Å². The second-order valence-corrected chi connectivity index (χ2v) is 18.8. The molecule has 0 heterocycles. The van der Waals surface area contributed by atoms with Gasteiger partial charge in [0, 0.05) is 34.2 Å². The first kappa shape index (κ1) is 37.8. The number of para-hydroxylation sites is 1. The van der Waals surface area contributed by atoms with Gasteiger partial charge in [0.2, 0.25) is 0 Å². The molecule has 9 aromatic rings. The predicted molar refractivity (Wildman–Crippen MR) is 271 cm³/mol. The molecule has 1 heteroatoms. The van der Waals surface area contributed by atoms with E-state index >= 15 is 0 Å². The largest absolute Gasteiger partial charge is 0.310 e. The summed E-state index contributed by atoms with van der Waals surface area (Å²) in [5.41, 5.74) is 23.8. The van der Waals surface area contributed by atoms with Gasteiger partial charge in [-0.1, -0.05) is 208 Å². The van der Waals surface area contributed by atoms with Crippen LogP contribution in [-0.4, -0.2) is 0 Å². The van der Waals surface area contributed by atoms with Gasteiger partial charge < -0.3 is 4.90 Å². The molecule has 13 rings (SSSR count). The number of hydrogen-bond acceptors (Lipinski definition) is 1. The Labute approximate surface area is 382 Å². The maximum absolute atomic E-state index is 2.58. The van der Waals surface area contributed by atoms with Gasteiger partial charge in [0.25, 0.3) is 0 Å². The van der Waals surface area contributed by atoms with E-state index in [0.29, 0.717) is 0 Å². The molecular weight excluding hydrogens is 783 g/mol. The van der Waals surface area contributed by atoms with E-state index in [1.165, 1.54) is 89.0 Å². The number of rotatable bonds is 6. The summed E-state index contributed by atoms with van der Waals surface area (Å²) >= 11 is 0. The number of hydrogen-bond donors (Lipinski definition) is 0. The molecule has 4 aliphatic carbocycles. The van der Waals surface area contributed by atoms with Crippen molar-refractivity contribution >= 4 is 17.1 Å². The van der Waals surface area contributed by atoms with Crippen molar-refractivity contribution < 1.29 is 0 Å². The summed E-state index contributed by atoms with van der Waals surface area (Å²) in [7, 11) is 0. The Morgan fingerprint density at radius 3 is 1.51 bits per heavy atom. The van der Waals surface area contributed by atoms with Crippen LogP contribution in [0.4, 0.5) is 17.1 Å². The Kier molecular flexibility index (Phi) is 8.37. The van der Waals surface area contributed by atoms with Crippen molar-refractivity contribution in [1.29, 1.82) is 0 Å². The maximum Gasteiger partial charge on any atom is 0.0540 e. The average molecular weight is 830 g/mol. The third-order valence-corrected chi connectivity index (χ3v) is 15.2. The van der Waals surface area contributed by atoms with Crippen LogP contribution in [0.25, 0.3) is 55.6 Å². The van der Waals surface area contributed by atoms with E-state index in [0.717, 1.165) is 17.1 Å². The number of nitrogens with zero attached hydrogens (tertiary/aromatic N) is 1. The third-order valence-electron chi connectivity index (χ3n) is 15.2. The molecule has 0 aromatic heterocycles. The summed E-state index contributed by atoms with van der Waals surface area (Å²) in [4.78, 5) is 2.54. The summed E-state index contributed by atoms with van der Waals surface area (Å²) in [6.07, 6.45) is 9.53. The molecule has 308 valence electrons. The van der Waals surface area contributed by atoms with Gasteiger partial charge in [-0.05, 0) is 126 Å². The van der Waals surface area contributed by atoms with Gasteiger partial charge in [-0.25, -0.2) is 0 Å². The molecule has 0 fully saturated rings. The molecule has 0 N–H and O–H groups in total. The smallest absolute Gasteiger partial charge is 0.0540 e. The topological polar surface area (TPSA) is 3.24 Å². The third kappa shape index (κ3) is 5.52. The second kappa shape index (κ2) is 14.4. The summed E-state index contributed by atoms with van der Waals surface area (Å²) in [5, 5.41) is 0. The number of anilines is 3. The normalized spacial score (nSPS) is 17.2. The Bertz CT molecular complexity index is 3320. The van der Waals surface area contributed by atoms with E-state index in [-0.39, 0.29) is 17.3 Å². The minimum Gasteiger partial charge on any atom is -0.310 e. The van der Waals surface area contributed by atoms with E-state index in [4.69, 9.17) is 0 Å². The van der Waals surface area contributed by atoms with Gasteiger partial charge in [0.1, 0.15) is 0 Å². The molecule has 0 aliphatic heterocycles. The quantitative estimate of drug-likeness (QED) is 0.161. The molecular formula is C64H47N. The van der Waals surface area contributed by atoms with E-state index in [2.05, 4.69) is 255 Å². The molecule has 65 heavy (non-hydrogen) atoms. The molecule has 4 aliphatic rings. The molecule has 0 saturated carbocycles. The van der Waals surface area contributed by atoms with Gasteiger partial charge in [0.15, 0.2) is 0 Å². The lowest BCUT2D eigenvalue weighted by atomic mass is 9.65. The molecule has 0 amide bonds. The monoisotopic (exact) mass is 829 g/mol. The van der Waals surface area contributed by atoms with Gasteiger partial charge in [-0.15, -0.1) is 0 Å². The Balaban J connectivity index is 1.09. The molecule has 2 unspecified atom stereocenters. The zero-order valence-corrected chi connectivity index (χ0v) is 36.6. The van der Waals surface area contributed by atoms with Crippen LogP contribution >= 0.6 is 0 Å². The predicted octanol–water partition coefficient (Wildman–Crippen LogP) is 16.6. The molecule has 1 nitrogen and oxygen atoms in total. The lowest BCUT2D eigenvalue weighted by Gasteiger charge is -2.37. The first-order valence-corrected chi connectivity index (χ1v) is 23.1. The van der Waals surface area contributed by atoms with Crippen molar-refractivity contribution in [3.05, 3.63) is 270 Å². The first-order valence-electron chi connectivity index (χ1n) is 23.1. The van der Waals surface area contributed by atoms with Gasteiger partial charge in [-0.2, -0.15) is 0 Å². The van der Waals surface area contributed by atoms with E-state index in [1.54, 1.807) is 0 Å². The summed E-state index contributed by atoms with van der Waals surface area (Å²) in [6.45, 7) is 4.77. The molecule has 0 bridgehead atoms. The van der Waals surface area contributed by atoms with Gasteiger partial charge >= 0.3 is 0 Å². The highest BCUT2D eigenvalue weighted by atomic mass is 15.1. The molecule has 1 spiro atoms. The number of benzene rings is 9. The summed E-state index contributed by atoms with van der Waals surface area (Å²) < 4.78 is 0. The maximum atomic E-state index is 2.58. The number of allylic oxidation sites excluding steroid dienone is 4. The lowest BCUT2D eigenvalue weighted by molar-refractivity contribution is 0.466. The summed E-state index contributed by atoms with van der Waals surface area (Å²) in [6, 6.07) is 79.8. The van der Waals surface area contributed by atoms with Crippen molar-refractivity contribution in [1.82, 2.24) is 0 Å². The zero-order chi connectivity index (χ0) is 43.3. The van der Waals surface area contributed by atoms with Crippen molar-refractivity contribution in [2.45, 2.75) is 30.6 Å². The van der Waals surface area contributed by atoms with Crippen LogP contribution in [0.1, 0.15) is 53.1 Å². The van der Waals surface area contributed by atoms with Crippen molar-refractivity contribution in [2.24, 2.45) is 5.92 Å². The van der Waals surface area contributed by atoms with Crippen LogP contribution in [0.2, 0.25) is 0 Å². The van der Waals surface area contributed by atoms with Gasteiger partial charge in [-0.3, -0.25) is 0 Å². The highest BCUT2D eigenvalue weighted by Crippen LogP contribution is 2.66. The minimum absolute atomic E-state index is 0.146. The lowest BCUT2D eigenvalue weighted by Crippen LogP contribution is -2.33. The van der Waals surface area contributed by atoms with Crippen LogP contribution in [0.15, 0.2) is 237 Å². The van der Waals surface area contributed by atoms with E-state index in [9.17, 15) is 0 Å². The van der Waals surface area contributed by atoms with Crippen LogP contribution in [-0.2, 0) is 10.8 Å². The van der Waals surface area contributed by atoms with Crippen LogP contribution in [0.3, 0.4) is 0 Å². The van der Waals surface area contributed by atoms with Crippen molar-refractivity contribution in [3.8, 4) is 55.6 Å². The zero-order valence-electron chi connectivity index (χ0n) is 36.6. The van der Waals surface area contributed by atoms with Crippen molar-refractivity contribution in [2.75, 3.05) is 4.90 Å². The fraction of sp³-hybridized carbons (Fsp3) is 0.0938. The minimum atomic E-state index is -0.455. The average Bonchev–Trinajstić information content (AvgIpc) is 3.92. The van der Waals surface area contributed by atoms with Crippen LogP contribution in [0.5, 0.6) is 0 Å². The first-order chi connectivity index (χ1) is 32.0. The SMILES string of the molecule is CC1(C)c2ccccc2-c2ccc(N(c3ccc4c(c3)C3(c5cc(-c6ccccc6)ccc5-c5ccc(-c6ccccc6)cc53)C3C=CC=CC43)c3ccccc3-c3ccccc3)cc21. The fourth-order valence-corrected chi connectivity index (χ4v) is 12.2. The second-order valence-electron chi connectivity index (χ2n) is 18.8. The van der Waals surface area contributed by atoms with E-state index < -0.39 is 5.41 Å². The molecule has 2 atom stereocenters. The van der Waals surface area contributed by atoms with E-state index in [1.807, 2.05) is 0 Å². The summed E-state index contributed by atoms with van der Waals surface area (Å²) in [5.74, 6) is 0.395. The Morgan fingerprint density at radius 1 is 0.354 bits per heavy atom. The molecule has 9 aromatic carbocycles. The highest BCUT2D eigenvalue weighted by Gasteiger charge is 2.57. The standard InChI is InChI=1S/C64H47N/c1-63(2)56-27-15-12-25-50(56)52-36-32-47(40-58(52)63)65(62-29-17-14-24-49(62)44-22-10-5-11-23-44)48-33-37-55-51-26-13-16-28-57(51)64(61(55)41-48)59-38-45(42-18-6-3-7-19-42)30-34-53(59)54-35-31-46(39-60(54)64)43-20-8-4-9-21-43/h3-41,51,57H,1-2H3. The molecule has 0 saturated heterocycles. The fourth-order valence-electron chi connectivity index (χ4n) is 12.2. The molecule has 0 radical (unpaired) electrons. The van der Waals surface area contributed by atoms with Crippen LogP contribution in [0, 0.1) is 5.92 Å². The van der Waals surface area contributed by atoms with Gasteiger partial charge in [0.05, 0.1) is 11.1 Å². The van der Waals surface area contributed by atoms with Crippen molar-refractivity contribution in [3.63, 3.8) is 0 Å². The Hall–Kier alpha value is -7.74. The highest BCUT2D eigenvalue weighted by molar-refractivity contribution is 5.93. The Morgan fingerprint density at radius 2 is 0.846 bits per heavy atom.